The lowest BCUT2D eigenvalue weighted by Gasteiger charge is -1.98. The van der Waals surface area contributed by atoms with Crippen LogP contribution in [0.2, 0.25) is 0 Å². The molecule has 16 heavy (non-hydrogen) atoms. The molecule has 6 heteroatoms. The predicted molar refractivity (Wildman–Crippen MR) is 60.8 cm³/mol. The average molecular weight is 239 g/mol. The van der Waals surface area contributed by atoms with E-state index in [1.807, 2.05) is 19.2 Å². The molecule has 0 atom stereocenters. The first-order valence-corrected chi connectivity index (χ1v) is 6.48. The van der Waals surface area contributed by atoms with Crippen molar-refractivity contribution in [1.29, 1.82) is 0 Å². The quantitative estimate of drug-likeness (QED) is 0.862. The van der Waals surface area contributed by atoms with Crippen molar-refractivity contribution in [2.45, 2.75) is 18.4 Å². The van der Waals surface area contributed by atoms with E-state index in [1.54, 1.807) is 16.5 Å². The first-order chi connectivity index (χ1) is 7.60. The molecule has 2 aromatic rings. The van der Waals surface area contributed by atoms with E-state index in [1.165, 1.54) is 7.05 Å². The first kappa shape index (κ1) is 11.1. The molecule has 0 fully saturated rings. The minimum atomic E-state index is -3.50. The van der Waals surface area contributed by atoms with E-state index in [0.29, 0.717) is 11.9 Å². The number of imidazole rings is 1. The van der Waals surface area contributed by atoms with Crippen molar-refractivity contribution in [2.75, 3.05) is 7.05 Å². The number of hydrogen-bond acceptors (Lipinski definition) is 3. The summed E-state index contributed by atoms with van der Waals surface area (Å²) in [5, 5.41) is 0.0902. The number of sulfonamides is 1. The summed E-state index contributed by atoms with van der Waals surface area (Å²) in [4.78, 5) is 4.16. The lowest BCUT2D eigenvalue weighted by Crippen LogP contribution is -2.19. The van der Waals surface area contributed by atoms with Crippen LogP contribution in [0.3, 0.4) is 0 Å². The highest BCUT2D eigenvalue weighted by Crippen LogP contribution is 2.17. The molecule has 0 aliphatic carbocycles. The van der Waals surface area contributed by atoms with Crippen LogP contribution in [-0.4, -0.2) is 24.9 Å². The summed E-state index contributed by atoms with van der Waals surface area (Å²) in [6, 6.07) is 5.39. The van der Waals surface area contributed by atoms with E-state index in [-0.39, 0.29) is 5.03 Å². The zero-order valence-electron chi connectivity index (χ0n) is 9.14. The van der Waals surface area contributed by atoms with Gasteiger partial charge >= 0.3 is 0 Å². The Morgan fingerprint density at radius 1 is 1.44 bits per heavy atom. The van der Waals surface area contributed by atoms with Gasteiger partial charge in [-0.15, -0.1) is 0 Å². The van der Waals surface area contributed by atoms with Gasteiger partial charge in [0.25, 0.3) is 10.0 Å². The van der Waals surface area contributed by atoms with Crippen LogP contribution in [0, 0.1) is 0 Å². The topological polar surface area (TPSA) is 63.5 Å². The van der Waals surface area contributed by atoms with Gasteiger partial charge in [-0.3, -0.25) is 0 Å². The van der Waals surface area contributed by atoms with Crippen LogP contribution in [0.4, 0.5) is 0 Å². The molecule has 86 valence electrons. The van der Waals surface area contributed by atoms with Gasteiger partial charge in [0.15, 0.2) is 5.03 Å². The fraction of sp³-hybridized carbons (Fsp3) is 0.300. The maximum absolute atomic E-state index is 11.8. The molecule has 0 amide bonds. The van der Waals surface area contributed by atoms with Crippen molar-refractivity contribution in [3.8, 4) is 0 Å². The third-order valence-electron chi connectivity index (χ3n) is 2.43. The Hall–Kier alpha value is -1.40. The molecule has 5 nitrogen and oxygen atoms in total. The van der Waals surface area contributed by atoms with Gasteiger partial charge < -0.3 is 4.40 Å². The van der Waals surface area contributed by atoms with Crippen LogP contribution < -0.4 is 4.72 Å². The maximum Gasteiger partial charge on any atom is 0.259 e. The average Bonchev–Trinajstić information content (AvgIpc) is 2.68. The molecule has 2 heterocycles. The summed E-state index contributed by atoms with van der Waals surface area (Å²) in [5.41, 5.74) is 0.605. The number of nitrogens with one attached hydrogen (secondary N) is 1. The van der Waals surface area contributed by atoms with Gasteiger partial charge in [-0.1, -0.05) is 13.0 Å². The van der Waals surface area contributed by atoms with Crippen molar-refractivity contribution >= 4 is 15.5 Å². The van der Waals surface area contributed by atoms with Gasteiger partial charge in [0.2, 0.25) is 0 Å². The monoisotopic (exact) mass is 239 g/mol. The van der Waals surface area contributed by atoms with Crippen molar-refractivity contribution < 1.29 is 8.42 Å². The highest BCUT2D eigenvalue weighted by atomic mass is 32.2. The number of hydrogen-bond donors (Lipinski definition) is 1. The number of pyridine rings is 1. The molecule has 0 spiro atoms. The van der Waals surface area contributed by atoms with Crippen molar-refractivity contribution in [3.63, 3.8) is 0 Å². The van der Waals surface area contributed by atoms with Gasteiger partial charge in [0, 0.05) is 12.6 Å². The number of aromatic nitrogens is 2. The van der Waals surface area contributed by atoms with Crippen LogP contribution in [0.25, 0.3) is 5.52 Å². The summed E-state index contributed by atoms with van der Waals surface area (Å²) in [7, 11) is -2.11. The zero-order valence-corrected chi connectivity index (χ0v) is 9.95. The second kappa shape index (κ2) is 3.88. The van der Waals surface area contributed by atoms with E-state index in [4.69, 9.17) is 0 Å². The molecule has 2 aromatic heterocycles. The standard InChI is InChI=1S/C10H13N3O2S/c1-3-9-12-10(16(14,15)11-2)8-6-4-5-7-13(8)9/h4-7,11H,3H2,1-2H3. The Balaban J connectivity index is 2.82. The molecule has 2 rings (SSSR count). The lowest BCUT2D eigenvalue weighted by atomic mass is 10.4. The number of fused-ring (bicyclic) bond motifs is 1. The number of nitrogens with zero attached hydrogens (tertiary/aromatic N) is 2. The third kappa shape index (κ3) is 1.60. The van der Waals surface area contributed by atoms with Crippen LogP contribution >= 0.6 is 0 Å². The normalized spacial score (nSPS) is 12.1. The van der Waals surface area contributed by atoms with Crippen LogP contribution in [0.5, 0.6) is 0 Å². The zero-order chi connectivity index (χ0) is 11.8. The third-order valence-corrected chi connectivity index (χ3v) is 3.77. The van der Waals surface area contributed by atoms with Gasteiger partial charge in [-0.2, -0.15) is 0 Å². The fourth-order valence-corrected chi connectivity index (χ4v) is 2.48. The Morgan fingerprint density at radius 2 is 2.19 bits per heavy atom. The Morgan fingerprint density at radius 3 is 2.81 bits per heavy atom. The van der Waals surface area contributed by atoms with Crippen molar-refractivity contribution in [2.24, 2.45) is 0 Å². The van der Waals surface area contributed by atoms with Crippen molar-refractivity contribution in [3.05, 3.63) is 30.2 Å². The highest BCUT2D eigenvalue weighted by molar-refractivity contribution is 7.89. The predicted octanol–water partition coefficient (Wildman–Crippen LogP) is 0.805. The minimum Gasteiger partial charge on any atom is -0.302 e. The molecule has 0 bridgehead atoms. The summed E-state index contributed by atoms with van der Waals surface area (Å²) >= 11 is 0. The second-order valence-electron chi connectivity index (χ2n) is 3.35. The molecule has 1 N–H and O–H groups in total. The fourth-order valence-electron chi connectivity index (χ4n) is 1.61. The Bertz CT molecular complexity index is 616. The van der Waals surface area contributed by atoms with Gasteiger partial charge in [-0.25, -0.2) is 18.1 Å². The Kier molecular flexibility index (Phi) is 2.69. The van der Waals surface area contributed by atoms with Gasteiger partial charge in [0.1, 0.15) is 5.82 Å². The molecule has 0 aliphatic heterocycles. The first-order valence-electron chi connectivity index (χ1n) is 4.99. The largest absolute Gasteiger partial charge is 0.302 e. The minimum absolute atomic E-state index is 0.0902. The second-order valence-corrected chi connectivity index (χ2v) is 5.15. The molecule has 0 radical (unpaired) electrons. The van der Waals surface area contributed by atoms with E-state index in [9.17, 15) is 8.42 Å². The van der Waals surface area contributed by atoms with Crippen LogP contribution in [-0.2, 0) is 16.4 Å². The lowest BCUT2D eigenvalue weighted by molar-refractivity contribution is 0.586. The van der Waals surface area contributed by atoms with E-state index >= 15 is 0 Å². The number of rotatable bonds is 3. The van der Waals surface area contributed by atoms with Crippen LogP contribution in [0.1, 0.15) is 12.7 Å². The summed E-state index contributed by atoms with van der Waals surface area (Å²) < 4.78 is 27.6. The van der Waals surface area contributed by atoms with Crippen molar-refractivity contribution in [1.82, 2.24) is 14.1 Å². The summed E-state index contributed by atoms with van der Waals surface area (Å²) in [6.07, 6.45) is 2.50. The maximum atomic E-state index is 11.8. The van der Waals surface area contributed by atoms with Gasteiger partial charge in [0.05, 0.1) is 5.52 Å². The SMILES string of the molecule is CCc1nc(S(=O)(=O)NC)c2ccccn12. The Labute approximate surface area is 94.2 Å². The van der Waals surface area contributed by atoms with E-state index in [2.05, 4.69) is 9.71 Å². The molecule has 0 aromatic carbocycles. The summed E-state index contributed by atoms with van der Waals surface area (Å²) in [5.74, 6) is 0.740. The highest BCUT2D eigenvalue weighted by Gasteiger charge is 2.20. The van der Waals surface area contributed by atoms with E-state index in [0.717, 1.165) is 5.82 Å². The molecular formula is C10H13N3O2S. The van der Waals surface area contributed by atoms with Gasteiger partial charge in [-0.05, 0) is 19.2 Å². The molecule has 0 aliphatic rings. The van der Waals surface area contributed by atoms with Crippen LogP contribution in [0.15, 0.2) is 29.4 Å². The molecule has 0 saturated carbocycles. The molecule has 0 unspecified atom stereocenters. The summed E-state index contributed by atoms with van der Waals surface area (Å²) in [6.45, 7) is 1.94. The number of aryl methyl sites for hydroxylation is 1. The smallest absolute Gasteiger partial charge is 0.259 e. The molecular weight excluding hydrogens is 226 g/mol. The molecule has 0 saturated heterocycles. The van der Waals surface area contributed by atoms with E-state index < -0.39 is 10.0 Å².